The highest BCUT2D eigenvalue weighted by molar-refractivity contribution is 5.94. The number of pyridine rings is 1. The summed E-state index contributed by atoms with van der Waals surface area (Å²) in [5.74, 6) is 0.535. The van der Waals surface area contributed by atoms with Crippen molar-refractivity contribution in [1.82, 2.24) is 14.7 Å². The summed E-state index contributed by atoms with van der Waals surface area (Å²) in [5, 5.41) is 15.1. The van der Waals surface area contributed by atoms with Crippen molar-refractivity contribution in [2.45, 2.75) is 45.4 Å². The van der Waals surface area contributed by atoms with Crippen LogP contribution in [0.5, 0.6) is 0 Å². The van der Waals surface area contributed by atoms with Gasteiger partial charge in [-0.25, -0.2) is 4.98 Å². The number of hydrogen-bond acceptors (Lipinski definition) is 6. The number of ketones is 1. The van der Waals surface area contributed by atoms with E-state index in [2.05, 4.69) is 17.6 Å². The van der Waals surface area contributed by atoms with Gasteiger partial charge < -0.3 is 20.5 Å². The number of aliphatic hydroxyl groups excluding tert-OH is 1. The number of hydrogen-bond donors (Lipinski definition) is 3. The lowest BCUT2D eigenvalue weighted by molar-refractivity contribution is -0.121. The number of unbranched alkanes of at least 4 members (excludes halogenated alkanes) is 3. The molecule has 0 bridgehead atoms. The highest BCUT2D eigenvalue weighted by atomic mass is 16.5. The Morgan fingerprint density at radius 3 is 2.84 bits per heavy atom. The van der Waals surface area contributed by atoms with Crippen LogP contribution in [0.25, 0.3) is 11.7 Å². The fraction of sp³-hybridized carbons (Fsp3) is 0.522. The summed E-state index contributed by atoms with van der Waals surface area (Å²) in [4.78, 5) is 28.1. The quantitative estimate of drug-likeness (QED) is 0.296. The molecule has 8 nitrogen and oxygen atoms in total. The van der Waals surface area contributed by atoms with Crippen LogP contribution in [0, 0.1) is 0 Å². The standard InChI is InChI=1S/C23H34N4O4/c1-3-4-5-6-7-20-23(25-12-10-22(30)24-13-15-31-2)27-14-11-18(16-21(27)26-20)8-9-19(29)17-28/h8-9,11,14,16,25,28H,3-7,10,12-13,15,17H2,1-2H3,(H,24,30)/b9-8+. The summed E-state index contributed by atoms with van der Waals surface area (Å²) in [5.41, 5.74) is 2.58. The summed E-state index contributed by atoms with van der Waals surface area (Å²) in [6.07, 6.45) is 10.7. The highest BCUT2D eigenvalue weighted by Crippen LogP contribution is 2.22. The number of aliphatic hydroxyl groups is 1. The molecule has 2 aromatic heterocycles. The second kappa shape index (κ2) is 13.6. The third-order valence-electron chi connectivity index (χ3n) is 4.88. The van der Waals surface area contributed by atoms with Crippen molar-refractivity contribution in [3.05, 3.63) is 35.7 Å². The maximum absolute atomic E-state index is 12.0. The molecule has 0 fully saturated rings. The van der Waals surface area contributed by atoms with Crippen LogP contribution in [0.15, 0.2) is 24.4 Å². The molecule has 170 valence electrons. The minimum atomic E-state index is -0.503. The summed E-state index contributed by atoms with van der Waals surface area (Å²) in [6, 6.07) is 3.79. The molecule has 0 aliphatic rings. The highest BCUT2D eigenvalue weighted by Gasteiger charge is 2.13. The molecule has 2 rings (SSSR count). The van der Waals surface area contributed by atoms with Crippen LogP contribution in [0.1, 0.15) is 50.3 Å². The largest absolute Gasteiger partial charge is 0.388 e. The van der Waals surface area contributed by atoms with Gasteiger partial charge in [-0.15, -0.1) is 0 Å². The summed E-state index contributed by atoms with van der Waals surface area (Å²) in [6.45, 7) is 3.18. The Bertz CT molecular complexity index is 876. The number of amides is 1. The number of carbonyl (C=O) groups excluding carboxylic acids is 2. The van der Waals surface area contributed by atoms with Crippen LogP contribution >= 0.6 is 0 Å². The number of methoxy groups -OCH3 is 1. The van der Waals surface area contributed by atoms with Gasteiger partial charge >= 0.3 is 0 Å². The second-order valence-corrected chi connectivity index (χ2v) is 7.38. The number of nitrogens with one attached hydrogen (secondary N) is 2. The monoisotopic (exact) mass is 430 g/mol. The molecule has 8 heteroatoms. The van der Waals surface area contributed by atoms with E-state index in [1.807, 2.05) is 22.7 Å². The predicted octanol–water partition coefficient (Wildman–Crippen LogP) is 2.60. The number of rotatable bonds is 15. The molecule has 0 aliphatic carbocycles. The van der Waals surface area contributed by atoms with E-state index < -0.39 is 6.61 Å². The normalized spacial score (nSPS) is 11.3. The smallest absolute Gasteiger partial charge is 0.221 e. The number of fused-ring (bicyclic) bond motifs is 1. The first-order valence-electron chi connectivity index (χ1n) is 10.9. The summed E-state index contributed by atoms with van der Waals surface area (Å²) in [7, 11) is 1.60. The Labute approximate surface area is 183 Å². The lowest BCUT2D eigenvalue weighted by Crippen LogP contribution is -2.28. The number of nitrogens with zero attached hydrogens (tertiary/aromatic N) is 2. The van der Waals surface area contributed by atoms with Crippen LogP contribution in [-0.2, 0) is 20.7 Å². The number of ether oxygens (including phenoxy) is 1. The summed E-state index contributed by atoms with van der Waals surface area (Å²) < 4.78 is 6.92. The molecule has 2 heterocycles. The molecule has 0 unspecified atom stereocenters. The molecule has 0 aromatic carbocycles. The van der Waals surface area contributed by atoms with Gasteiger partial charge in [0.15, 0.2) is 5.78 Å². The molecule has 0 saturated carbocycles. The van der Waals surface area contributed by atoms with Gasteiger partial charge in [-0.3, -0.25) is 14.0 Å². The fourth-order valence-electron chi connectivity index (χ4n) is 3.21. The van der Waals surface area contributed by atoms with Crippen LogP contribution in [0.4, 0.5) is 5.82 Å². The van der Waals surface area contributed by atoms with Crippen molar-refractivity contribution < 1.29 is 19.4 Å². The van der Waals surface area contributed by atoms with E-state index in [0.717, 1.165) is 42.0 Å². The van der Waals surface area contributed by atoms with Crippen molar-refractivity contribution in [2.24, 2.45) is 0 Å². The fourth-order valence-corrected chi connectivity index (χ4v) is 3.21. The topological polar surface area (TPSA) is 105 Å². The van der Waals surface area contributed by atoms with Gasteiger partial charge in [-0.2, -0.15) is 0 Å². The average Bonchev–Trinajstić information content (AvgIpc) is 3.11. The molecule has 0 radical (unpaired) electrons. The molecular formula is C23H34N4O4. The molecule has 0 atom stereocenters. The maximum Gasteiger partial charge on any atom is 0.221 e. The molecule has 1 amide bonds. The third-order valence-corrected chi connectivity index (χ3v) is 4.88. The molecule has 31 heavy (non-hydrogen) atoms. The van der Waals surface area contributed by atoms with Crippen LogP contribution in [0.3, 0.4) is 0 Å². The van der Waals surface area contributed by atoms with E-state index in [4.69, 9.17) is 14.8 Å². The minimum Gasteiger partial charge on any atom is -0.388 e. The van der Waals surface area contributed by atoms with Gasteiger partial charge in [0, 0.05) is 32.8 Å². The van der Waals surface area contributed by atoms with E-state index in [9.17, 15) is 9.59 Å². The van der Waals surface area contributed by atoms with E-state index in [1.54, 1.807) is 13.2 Å². The van der Waals surface area contributed by atoms with Gasteiger partial charge in [0.1, 0.15) is 18.1 Å². The van der Waals surface area contributed by atoms with Crippen molar-refractivity contribution in [1.29, 1.82) is 0 Å². The Kier molecular flexibility index (Phi) is 10.7. The summed E-state index contributed by atoms with van der Waals surface area (Å²) >= 11 is 0. The number of anilines is 1. The van der Waals surface area contributed by atoms with E-state index in [0.29, 0.717) is 26.1 Å². The molecule has 2 aromatic rings. The van der Waals surface area contributed by atoms with Crippen molar-refractivity contribution in [3.8, 4) is 0 Å². The Balaban J connectivity index is 2.12. The van der Waals surface area contributed by atoms with E-state index in [-0.39, 0.29) is 11.7 Å². The lowest BCUT2D eigenvalue weighted by atomic mass is 10.1. The lowest BCUT2D eigenvalue weighted by Gasteiger charge is -2.09. The second-order valence-electron chi connectivity index (χ2n) is 7.38. The Hall–Kier alpha value is -2.71. The average molecular weight is 431 g/mol. The van der Waals surface area contributed by atoms with Crippen molar-refractivity contribution in [2.75, 3.05) is 38.7 Å². The van der Waals surface area contributed by atoms with Crippen molar-refractivity contribution in [3.63, 3.8) is 0 Å². The third kappa shape index (κ3) is 8.15. The van der Waals surface area contributed by atoms with Gasteiger partial charge in [-0.05, 0) is 36.6 Å². The van der Waals surface area contributed by atoms with Crippen LogP contribution in [-0.4, -0.2) is 59.6 Å². The van der Waals surface area contributed by atoms with Gasteiger partial charge in [0.25, 0.3) is 0 Å². The first-order valence-corrected chi connectivity index (χ1v) is 10.9. The van der Waals surface area contributed by atoms with E-state index >= 15 is 0 Å². The zero-order valence-corrected chi connectivity index (χ0v) is 18.5. The van der Waals surface area contributed by atoms with Crippen molar-refractivity contribution >= 4 is 29.2 Å². The minimum absolute atomic E-state index is 0.0242. The molecular weight excluding hydrogens is 396 g/mol. The van der Waals surface area contributed by atoms with E-state index in [1.165, 1.54) is 18.9 Å². The SMILES string of the molecule is CCCCCCc1nc2cc(/C=C/C(=O)CO)ccn2c1NCCC(=O)NCCOC. The van der Waals surface area contributed by atoms with Gasteiger partial charge in [0.05, 0.1) is 12.3 Å². The first kappa shape index (κ1) is 24.6. The molecule has 0 spiro atoms. The van der Waals surface area contributed by atoms with Crippen LogP contribution in [0.2, 0.25) is 0 Å². The number of aromatic nitrogens is 2. The number of imidazole rings is 1. The number of carbonyl (C=O) groups is 2. The van der Waals surface area contributed by atoms with Gasteiger partial charge in [0.2, 0.25) is 5.91 Å². The van der Waals surface area contributed by atoms with Crippen LogP contribution < -0.4 is 10.6 Å². The Morgan fingerprint density at radius 1 is 1.26 bits per heavy atom. The Morgan fingerprint density at radius 2 is 2.10 bits per heavy atom. The molecule has 3 N–H and O–H groups in total. The van der Waals surface area contributed by atoms with Gasteiger partial charge in [-0.1, -0.05) is 32.3 Å². The maximum atomic E-state index is 12.0. The zero-order chi connectivity index (χ0) is 22.5. The number of aryl methyl sites for hydroxylation is 1. The predicted molar refractivity (Wildman–Crippen MR) is 122 cm³/mol. The molecule has 0 saturated heterocycles. The molecule has 0 aliphatic heterocycles. The zero-order valence-electron chi connectivity index (χ0n) is 18.5. The first-order chi connectivity index (χ1) is 15.1.